The van der Waals surface area contributed by atoms with Gasteiger partial charge in [-0.15, -0.1) is 11.3 Å². The highest BCUT2D eigenvalue weighted by Gasteiger charge is 2.16. The predicted molar refractivity (Wildman–Crippen MR) is 78.1 cm³/mol. The van der Waals surface area contributed by atoms with Crippen molar-refractivity contribution < 1.29 is 14.6 Å². The first-order valence-electron chi connectivity index (χ1n) is 6.03. The van der Waals surface area contributed by atoms with E-state index in [9.17, 15) is 5.11 Å². The Morgan fingerprint density at radius 1 is 1.21 bits per heavy atom. The molecule has 3 rings (SSSR count). The summed E-state index contributed by atoms with van der Waals surface area (Å²) in [4.78, 5) is 1.14. The van der Waals surface area contributed by atoms with Crippen molar-refractivity contribution in [1.29, 1.82) is 0 Å². The van der Waals surface area contributed by atoms with Crippen LogP contribution in [0.2, 0.25) is 0 Å². The molecule has 0 spiro atoms. The highest BCUT2D eigenvalue weighted by molar-refractivity contribution is 9.10. The Morgan fingerprint density at radius 3 is 2.74 bits per heavy atom. The van der Waals surface area contributed by atoms with Gasteiger partial charge in [0.2, 0.25) is 0 Å². The lowest BCUT2D eigenvalue weighted by Gasteiger charge is -2.20. The molecule has 1 aliphatic heterocycles. The number of fused-ring (bicyclic) bond motifs is 1. The lowest BCUT2D eigenvalue weighted by Crippen LogP contribution is -2.15. The van der Waals surface area contributed by atoms with Gasteiger partial charge in [0.25, 0.3) is 0 Å². The van der Waals surface area contributed by atoms with Gasteiger partial charge in [0, 0.05) is 15.8 Å². The third-order valence-corrected chi connectivity index (χ3v) is 4.97. The summed E-state index contributed by atoms with van der Waals surface area (Å²) in [5, 5.41) is 12.3. The molecule has 1 aromatic heterocycles. The number of halogens is 1. The number of ether oxygens (including phenoxy) is 2. The summed E-state index contributed by atoms with van der Waals surface area (Å²) < 4.78 is 12.1. The zero-order valence-corrected chi connectivity index (χ0v) is 12.5. The first-order valence-corrected chi connectivity index (χ1v) is 7.71. The second-order valence-electron chi connectivity index (χ2n) is 4.31. The molecular formula is C14H13BrO3S. The van der Waals surface area contributed by atoms with Gasteiger partial charge in [-0.25, -0.2) is 0 Å². The van der Waals surface area contributed by atoms with Crippen molar-refractivity contribution in [3.05, 3.63) is 44.6 Å². The zero-order chi connectivity index (χ0) is 13.2. The summed E-state index contributed by atoms with van der Waals surface area (Å²) in [7, 11) is 0. The van der Waals surface area contributed by atoms with Crippen molar-refractivity contribution in [3.8, 4) is 11.5 Å². The van der Waals surface area contributed by atoms with E-state index in [-0.39, 0.29) is 0 Å². The van der Waals surface area contributed by atoms with Gasteiger partial charge in [0.1, 0.15) is 13.2 Å². The van der Waals surface area contributed by atoms with Crippen LogP contribution in [0.25, 0.3) is 0 Å². The average molecular weight is 341 g/mol. The lowest BCUT2D eigenvalue weighted by molar-refractivity contribution is 0.164. The van der Waals surface area contributed by atoms with Crippen molar-refractivity contribution >= 4 is 27.3 Å². The molecule has 0 aliphatic carbocycles. The minimum atomic E-state index is -0.536. The Morgan fingerprint density at radius 2 is 2.00 bits per heavy atom. The molecule has 1 atom stereocenters. The molecule has 1 unspecified atom stereocenters. The van der Waals surface area contributed by atoms with E-state index < -0.39 is 6.10 Å². The summed E-state index contributed by atoms with van der Waals surface area (Å²) in [5.41, 5.74) is 0.851. The number of aliphatic hydroxyl groups excluding tert-OH is 1. The Kier molecular flexibility index (Phi) is 3.77. The number of hydrogen-bond acceptors (Lipinski definition) is 4. The Balaban J connectivity index is 1.80. The van der Waals surface area contributed by atoms with Crippen molar-refractivity contribution in [2.75, 3.05) is 13.2 Å². The maximum atomic E-state index is 10.3. The standard InChI is InChI=1S/C14H13BrO3S/c15-10-3-6-19-14(10)8-11(16)9-1-2-12-13(7-9)18-5-4-17-12/h1-3,6-7,11,16H,4-5,8H2. The van der Waals surface area contributed by atoms with Crippen molar-refractivity contribution in [1.82, 2.24) is 0 Å². The van der Waals surface area contributed by atoms with Crippen LogP contribution in [0.1, 0.15) is 16.5 Å². The van der Waals surface area contributed by atoms with Crippen molar-refractivity contribution in [3.63, 3.8) is 0 Å². The molecule has 100 valence electrons. The molecule has 0 fully saturated rings. The molecule has 2 heterocycles. The quantitative estimate of drug-likeness (QED) is 0.928. The van der Waals surface area contributed by atoms with Crippen LogP contribution in [-0.4, -0.2) is 18.3 Å². The number of thiophene rings is 1. The number of aliphatic hydroxyl groups is 1. The second kappa shape index (κ2) is 5.53. The molecule has 0 amide bonds. The van der Waals surface area contributed by atoms with Gasteiger partial charge >= 0.3 is 0 Å². The molecule has 1 aromatic carbocycles. The highest BCUT2D eigenvalue weighted by Crippen LogP contribution is 2.34. The van der Waals surface area contributed by atoms with Crippen LogP contribution in [0.15, 0.2) is 34.1 Å². The summed E-state index contributed by atoms with van der Waals surface area (Å²) in [5.74, 6) is 1.47. The summed E-state index contributed by atoms with van der Waals surface area (Å²) in [6, 6.07) is 7.60. The van der Waals surface area contributed by atoms with Crippen LogP contribution < -0.4 is 9.47 Å². The first-order chi connectivity index (χ1) is 9.24. The summed E-state index contributed by atoms with van der Waals surface area (Å²) in [6.45, 7) is 1.14. The minimum Gasteiger partial charge on any atom is -0.486 e. The molecule has 1 N–H and O–H groups in total. The monoisotopic (exact) mass is 340 g/mol. The van der Waals surface area contributed by atoms with Crippen LogP contribution >= 0.6 is 27.3 Å². The fraction of sp³-hybridized carbons (Fsp3) is 0.286. The molecule has 0 saturated carbocycles. The largest absolute Gasteiger partial charge is 0.486 e. The third-order valence-electron chi connectivity index (χ3n) is 3.02. The summed E-state index contributed by atoms with van der Waals surface area (Å²) in [6.07, 6.45) is 0.0588. The molecule has 2 aromatic rings. The molecule has 0 bridgehead atoms. The number of hydrogen-bond donors (Lipinski definition) is 1. The van der Waals surface area contributed by atoms with Gasteiger partial charge in [0.05, 0.1) is 6.10 Å². The van der Waals surface area contributed by atoms with Crippen LogP contribution in [0.4, 0.5) is 0 Å². The van der Waals surface area contributed by atoms with E-state index in [1.54, 1.807) is 11.3 Å². The minimum absolute atomic E-state index is 0.536. The van der Waals surface area contributed by atoms with Gasteiger partial charge in [-0.1, -0.05) is 6.07 Å². The maximum absolute atomic E-state index is 10.3. The smallest absolute Gasteiger partial charge is 0.161 e. The first kappa shape index (κ1) is 13.0. The van der Waals surface area contributed by atoms with Gasteiger partial charge in [-0.05, 0) is 45.1 Å². The molecular weight excluding hydrogens is 328 g/mol. The van der Waals surface area contributed by atoms with E-state index in [2.05, 4.69) is 15.9 Å². The van der Waals surface area contributed by atoms with Gasteiger partial charge < -0.3 is 14.6 Å². The van der Waals surface area contributed by atoms with E-state index in [0.29, 0.717) is 25.4 Å². The Labute approximate surface area is 123 Å². The molecule has 5 heteroatoms. The molecule has 19 heavy (non-hydrogen) atoms. The van der Waals surface area contributed by atoms with E-state index in [1.165, 1.54) is 0 Å². The SMILES string of the molecule is OC(Cc1sccc1Br)c1ccc2c(c1)OCCO2. The van der Waals surface area contributed by atoms with E-state index in [4.69, 9.17) is 9.47 Å². The van der Waals surface area contributed by atoms with Gasteiger partial charge in [-0.3, -0.25) is 0 Å². The highest BCUT2D eigenvalue weighted by atomic mass is 79.9. The molecule has 3 nitrogen and oxygen atoms in total. The second-order valence-corrected chi connectivity index (χ2v) is 6.17. The number of benzene rings is 1. The maximum Gasteiger partial charge on any atom is 0.161 e. The average Bonchev–Trinajstić information content (AvgIpc) is 2.84. The topological polar surface area (TPSA) is 38.7 Å². The van der Waals surface area contributed by atoms with E-state index >= 15 is 0 Å². The lowest BCUT2D eigenvalue weighted by atomic mass is 10.1. The van der Waals surface area contributed by atoms with Crippen LogP contribution in [0.3, 0.4) is 0 Å². The molecule has 1 aliphatic rings. The summed E-state index contributed by atoms with van der Waals surface area (Å²) >= 11 is 5.12. The predicted octanol–water partition coefficient (Wildman–Crippen LogP) is 3.56. The van der Waals surface area contributed by atoms with Crippen LogP contribution in [0.5, 0.6) is 11.5 Å². The normalized spacial score (nSPS) is 15.3. The zero-order valence-electron chi connectivity index (χ0n) is 10.1. The Hall–Kier alpha value is -1.04. The van der Waals surface area contributed by atoms with E-state index in [0.717, 1.165) is 20.7 Å². The van der Waals surface area contributed by atoms with Crippen molar-refractivity contribution in [2.24, 2.45) is 0 Å². The molecule has 0 saturated heterocycles. The fourth-order valence-electron chi connectivity index (χ4n) is 2.03. The van der Waals surface area contributed by atoms with Gasteiger partial charge in [-0.2, -0.15) is 0 Å². The third kappa shape index (κ3) is 2.78. The molecule has 0 radical (unpaired) electrons. The van der Waals surface area contributed by atoms with Crippen LogP contribution in [0, 0.1) is 0 Å². The van der Waals surface area contributed by atoms with Gasteiger partial charge in [0.15, 0.2) is 11.5 Å². The van der Waals surface area contributed by atoms with Crippen molar-refractivity contribution in [2.45, 2.75) is 12.5 Å². The Bertz CT molecular complexity index is 582. The number of rotatable bonds is 3. The van der Waals surface area contributed by atoms with Crippen LogP contribution in [-0.2, 0) is 6.42 Å². The van der Waals surface area contributed by atoms with E-state index in [1.807, 2.05) is 29.6 Å². The fourth-order valence-corrected chi connectivity index (χ4v) is 3.58.